The molecule has 0 fully saturated rings. The number of hydrogen-bond acceptors (Lipinski definition) is 3. The number of carbonyl (C=O) groups is 1. The molecule has 0 aliphatic rings. The summed E-state index contributed by atoms with van der Waals surface area (Å²) in [5, 5.41) is 12.1. The number of aromatic amines is 1. The predicted octanol–water partition coefficient (Wildman–Crippen LogP) is 1.95. The van der Waals surface area contributed by atoms with E-state index in [9.17, 15) is 14.7 Å². The van der Waals surface area contributed by atoms with Crippen molar-refractivity contribution < 1.29 is 9.90 Å². The fourth-order valence-electron chi connectivity index (χ4n) is 1.64. The molecule has 1 aromatic carbocycles. The number of amides is 1. The Hall–Kier alpha value is -2.56. The summed E-state index contributed by atoms with van der Waals surface area (Å²) in [6, 6.07) is 6.15. The van der Waals surface area contributed by atoms with Crippen molar-refractivity contribution in [3.63, 3.8) is 0 Å². The van der Waals surface area contributed by atoms with Gasteiger partial charge in [0.05, 0.1) is 0 Å². The van der Waals surface area contributed by atoms with Crippen LogP contribution in [0.5, 0.6) is 5.75 Å². The number of rotatable bonds is 2. The molecule has 0 radical (unpaired) electrons. The van der Waals surface area contributed by atoms with Crippen molar-refractivity contribution in [3.8, 4) is 5.75 Å². The lowest BCUT2D eigenvalue weighted by molar-refractivity contribution is 0.102. The van der Waals surface area contributed by atoms with Crippen molar-refractivity contribution in [2.45, 2.75) is 13.8 Å². The molecule has 1 amide bonds. The van der Waals surface area contributed by atoms with Crippen molar-refractivity contribution in [1.82, 2.24) is 4.98 Å². The number of phenols is 1. The normalized spacial score (nSPS) is 10.2. The van der Waals surface area contributed by atoms with Gasteiger partial charge in [0.15, 0.2) is 5.43 Å². The summed E-state index contributed by atoms with van der Waals surface area (Å²) in [6.07, 6.45) is 1.38. The molecule has 1 heterocycles. The summed E-state index contributed by atoms with van der Waals surface area (Å²) in [5.41, 5.74) is 1.53. The van der Waals surface area contributed by atoms with E-state index in [0.717, 1.165) is 0 Å². The molecule has 5 heteroatoms. The van der Waals surface area contributed by atoms with Gasteiger partial charge in [-0.05, 0) is 25.5 Å². The fraction of sp³-hybridized carbons (Fsp3) is 0.143. The Labute approximate surface area is 109 Å². The second-order valence-corrected chi connectivity index (χ2v) is 4.35. The number of H-pyrrole nitrogens is 1. The minimum absolute atomic E-state index is 0.0330. The minimum Gasteiger partial charge on any atom is -0.508 e. The van der Waals surface area contributed by atoms with Crippen LogP contribution in [-0.2, 0) is 0 Å². The van der Waals surface area contributed by atoms with Crippen LogP contribution in [0.1, 0.15) is 21.6 Å². The maximum Gasteiger partial charge on any atom is 0.261 e. The van der Waals surface area contributed by atoms with Crippen LogP contribution in [0, 0.1) is 13.8 Å². The first-order valence-corrected chi connectivity index (χ1v) is 5.77. The number of aromatic nitrogens is 1. The summed E-state index contributed by atoms with van der Waals surface area (Å²) in [5.74, 6) is -0.417. The Morgan fingerprint density at radius 2 is 2.00 bits per heavy atom. The van der Waals surface area contributed by atoms with E-state index < -0.39 is 5.91 Å². The Morgan fingerprint density at radius 3 is 2.63 bits per heavy atom. The van der Waals surface area contributed by atoms with Gasteiger partial charge < -0.3 is 15.4 Å². The first-order chi connectivity index (χ1) is 8.97. The molecule has 0 atom stereocenters. The van der Waals surface area contributed by atoms with Gasteiger partial charge in [0.2, 0.25) is 0 Å². The summed E-state index contributed by atoms with van der Waals surface area (Å²) >= 11 is 0. The number of pyridine rings is 1. The van der Waals surface area contributed by atoms with Gasteiger partial charge >= 0.3 is 0 Å². The third kappa shape index (κ3) is 2.82. The van der Waals surface area contributed by atoms with Crippen LogP contribution in [-0.4, -0.2) is 16.0 Å². The lowest BCUT2D eigenvalue weighted by atomic mass is 10.2. The monoisotopic (exact) mass is 258 g/mol. The van der Waals surface area contributed by atoms with Crippen LogP contribution < -0.4 is 10.7 Å². The molecule has 3 N–H and O–H groups in total. The van der Waals surface area contributed by atoms with E-state index in [-0.39, 0.29) is 16.7 Å². The van der Waals surface area contributed by atoms with Crippen molar-refractivity contribution in [3.05, 3.63) is 57.5 Å². The first-order valence-electron chi connectivity index (χ1n) is 5.77. The third-order valence-corrected chi connectivity index (χ3v) is 2.77. The van der Waals surface area contributed by atoms with E-state index in [2.05, 4.69) is 10.3 Å². The van der Waals surface area contributed by atoms with Gasteiger partial charge in [-0.2, -0.15) is 0 Å². The SMILES string of the molecule is Cc1cc(=O)c(C(=O)Nc2ccc(C)c(O)c2)c[nH]1. The Kier molecular flexibility index (Phi) is 3.37. The molecule has 1 aromatic heterocycles. The van der Waals surface area contributed by atoms with Gasteiger partial charge in [0, 0.05) is 29.7 Å². The van der Waals surface area contributed by atoms with Crippen molar-refractivity contribution >= 4 is 11.6 Å². The zero-order valence-electron chi connectivity index (χ0n) is 10.7. The highest BCUT2D eigenvalue weighted by atomic mass is 16.3. The molecule has 2 aromatic rings. The van der Waals surface area contributed by atoms with Crippen LogP contribution in [0.15, 0.2) is 35.3 Å². The molecule has 0 bridgehead atoms. The van der Waals surface area contributed by atoms with Crippen LogP contribution in [0.25, 0.3) is 0 Å². The van der Waals surface area contributed by atoms with Crippen molar-refractivity contribution in [1.29, 1.82) is 0 Å². The van der Waals surface area contributed by atoms with E-state index >= 15 is 0 Å². The van der Waals surface area contributed by atoms with E-state index in [0.29, 0.717) is 16.9 Å². The standard InChI is InChI=1S/C14H14N2O3/c1-8-3-4-10(6-12(8)17)16-14(19)11-7-15-9(2)5-13(11)18/h3-7,17H,1-2H3,(H,15,18)(H,16,19). The summed E-state index contributed by atoms with van der Waals surface area (Å²) in [6.45, 7) is 3.49. The lowest BCUT2D eigenvalue weighted by Gasteiger charge is -2.06. The highest BCUT2D eigenvalue weighted by molar-refractivity contribution is 6.04. The van der Waals surface area contributed by atoms with Gasteiger partial charge in [0.1, 0.15) is 11.3 Å². The fourth-order valence-corrected chi connectivity index (χ4v) is 1.64. The molecule has 0 saturated carbocycles. The average molecular weight is 258 g/mol. The quantitative estimate of drug-likeness (QED) is 0.770. The summed E-state index contributed by atoms with van der Waals surface area (Å²) < 4.78 is 0. The van der Waals surface area contributed by atoms with Gasteiger partial charge in [-0.3, -0.25) is 9.59 Å². The number of aromatic hydroxyl groups is 1. The number of carbonyl (C=O) groups excluding carboxylic acids is 1. The minimum atomic E-state index is -0.510. The summed E-state index contributed by atoms with van der Waals surface area (Å²) in [7, 11) is 0. The second-order valence-electron chi connectivity index (χ2n) is 4.35. The predicted molar refractivity (Wildman–Crippen MR) is 72.6 cm³/mol. The highest BCUT2D eigenvalue weighted by Gasteiger charge is 2.11. The van der Waals surface area contributed by atoms with E-state index in [4.69, 9.17) is 0 Å². The molecule has 19 heavy (non-hydrogen) atoms. The molecule has 0 aliphatic heterocycles. The Morgan fingerprint density at radius 1 is 1.26 bits per heavy atom. The average Bonchev–Trinajstić information content (AvgIpc) is 2.33. The first kappa shape index (κ1) is 12.9. The zero-order chi connectivity index (χ0) is 14.0. The van der Waals surface area contributed by atoms with Gasteiger partial charge in [-0.1, -0.05) is 6.07 Å². The number of phenolic OH excluding ortho intramolecular Hbond substituents is 1. The number of anilines is 1. The number of aryl methyl sites for hydroxylation is 2. The van der Waals surface area contributed by atoms with Crippen molar-refractivity contribution in [2.75, 3.05) is 5.32 Å². The number of hydrogen-bond donors (Lipinski definition) is 3. The van der Waals surface area contributed by atoms with E-state index in [1.807, 2.05) is 0 Å². The highest BCUT2D eigenvalue weighted by Crippen LogP contribution is 2.20. The van der Waals surface area contributed by atoms with E-state index in [1.165, 1.54) is 18.3 Å². The van der Waals surface area contributed by atoms with Crippen LogP contribution in [0.3, 0.4) is 0 Å². The topological polar surface area (TPSA) is 82.2 Å². The smallest absolute Gasteiger partial charge is 0.261 e. The molecule has 0 unspecified atom stereocenters. The maximum atomic E-state index is 11.9. The van der Waals surface area contributed by atoms with Crippen LogP contribution in [0.4, 0.5) is 5.69 Å². The largest absolute Gasteiger partial charge is 0.508 e. The number of benzene rings is 1. The molecular weight excluding hydrogens is 244 g/mol. The second kappa shape index (κ2) is 4.97. The molecule has 2 rings (SSSR count). The molecular formula is C14H14N2O3. The van der Waals surface area contributed by atoms with Crippen LogP contribution >= 0.6 is 0 Å². The molecule has 0 spiro atoms. The maximum absolute atomic E-state index is 11.9. The van der Waals surface area contributed by atoms with Crippen molar-refractivity contribution in [2.24, 2.45) is 0 Å². The van der Waals surface area contributed by atoms with Crippen LogP contribution in [0.2, 0.25) is 0 Å². The Bertz CT molecular complexity index is 689. The zero-order valence-corrected chi connectivity index (χ0v) is 10.7. The molecule has 0 saturated heterocycles. The third-order valence-electron chi connectivity index (χ3n) is 2.77. The van der Waals surface area contributed by atoms with Gasteiger partial charge in [0.25, 0.3) is 5.91 Å². The molecule has 98 valence electrons. The summed E-state index contributed by atoms with van der Waals surface area (Å²) in [4.78, 5) is 26.4. The number of nitrogens with one attached hydrogen (secondary N) is 2. The van der Waals surface area contributed by atoms with Gasteiger partial charge in [-0.15, -0.1) is 0 Å². The Balaban J connectivity index is 2.25. The van der Waals surface area contributed by atoms with Gasteiger partial charge in [-0.25, -0.2) is 0 Å². The molecule has 0 aliphatic carbocycles. The van der Waals surface area contributed by atoms with E-state index in [1.54, 1.807) is 26.0 Å². The lowest BCUT2D eigenvalue weighted by Crippen LogP contribution is -2.21. The molecule has 5 nitrogen and oxygen atoms in total.